The lowest BCUT2D eigenvalue weighted by molar-refractivity contribution is 0.0705. The summed E-state index contributed by atoms with van der Waals surface area (Å²) in [6.07, 6.45) is 2.72. The topological polar surface area (TPSA) is 95.3 Å². The molecule has 2 aromatic heterocycles. The molecule has 0 aliphatic heterocycles. The van der Waals surface area contributed by atoms with Crippen molar-refractivity contribution in [3.8, 4) is 0 Å². The fourth-order valence-corrected chi connectivity index (χ4v) is 1.17. The van der Waals surface area contributed by atoms with Gasteiger partial charge in [0.15, 0.2) is 0 Å². The van der Waals surface area contributed by atoms with Gasteiger partial charge in [0.05, 0.1) is 5.56 Å². The van der Waals surface area contributed by atoms with Crippen molar-refractivity contribution < 1.29 is 10.0 Å². The summed E-state index contributed by atoms with van der Waals surface area (Å²) in [7, 11) is 0. The van der Waals surface area contributed by atoms with Crippen LogP contribution in [0.5, 0.6) is 0 Å². The predicted octanol–water partition coefficient (Wildman–Crippen LogP) is -0.0941. The number of aromatic amines is 1. The van der Waals surface area contributed by atoms with E-state index in [2.05, 4.69) is 15.2 Å². The van der Waals surface area contributed by atoms with Crippen LogP contribution in [-0.2, 0) is 0 Å². The van der Waals surface area contributed by atoms with Gasteiger partial charge in [-0.05, 0) is 12.2 Å². The molecule has 7 nitrogen and oxygen atoms in total. The Labute approximate surface area is 82.4 Å². The molecule has 72 valence electrons. The standard InChI is InChI=1S/C6H5N5O2S/c12-4(10-13)3-1-7-5-8-9-6(14)11(5)2-3/h1-2,13H,(H,9,14)(H,10,12). The number of fused-ring (bicyclic) bond motifs is 1. The van der Waals surface area contributed by atoms with Crippen LogP contribution in [-0.4, -0.2) is 30.7 Å². The first-order valence-corrected chi connectivity index (χ1v) is 4.00. The van der Waals surface area contributed by atoms with Crippen LogP contribution in [0.1, 0.15) is 10.4 Å². The summed E-state index contributed by atoms with van der Waals surface area (Å²) in [5, 5.41) is 14.7. The third-order valence-electron chi connectivity index (χ3n) is 1.64. The van der Waals surface area contributed by atoms with E-state index < -0.39 is 5.91 Å². The van der Waals surface area contributed by atoms with Crippen molar-refractivity contribution in [2.24, 2.45) is 0 Å². The summed E-state index contributed by atoms with van der Waals surface area (Å²) in [4.78, 5) is 14.9. The van der Waals surface area contributed by atoms with E-state index in [4.69, 9.17) is 17.4 Å². The Morgan fingerprint density at radius 3 is 3.21 bits per heavy atom. The zero-order valence-electron chi connectivity index (χ0n) is 6.76. The average Bonchev–Trinajstić information content (AvgIpc) is 2.59. The highest BCUT2D eigenvalue weighted by molar-refractivity contribution is 7.71. The monoisotopic (exact) mass is 211 g/mol. The lowest BCUT2D eigenvalue weighted by atomic mass is 10.3. The molecule has 0 aliphatic carbocycles. The van der Waals surface area contributed by atoms with Gasteiger partial charge in [-0.15, -0.1) is 5.10 Å². The SMILES string of the molecule is O=C(NO)c1cnc2n[nH]c(=S)n2c1. The molecule has 2 rings (SSSR count). The summed E-state index contributed by atoms with van der Waals surface area (Å²) in [6.45, 7) is 0. The van der Waals surface area contributed by atoms with Crippen molar-refractivity contribution in [1.29, 1.82) is 0 Å². The second-order valence-electron chi connectivity index (χ2n) is 2.48. The number of nitrogens with one attached hydrogen (secondary N) is 2. The van der Waals surface area contributed by atoms with E-state index in [9.17, 15) is 4.79 Å². The lowest BCUT2D eigenvalue weighted by Gasteiger charge is -1.97. The summed E-state index contributed by atoms with van der Waals surface area (Å²) in [6, 6.07) is 0. The number of hydroxylamine groups is 1. The van der Waals surface area contributed by atoms with Gasteiger partial charge in [-0.25, -0.2) is 15.6 Å². The summed E-state index contributed by atoms with van der Waals surface area (Å²) >= 11 is 4.88. The molecule has 0 saturated carbocycles. The van der Waals surface area contributed by atoms with Crippen LogP contribution in [0.25, 0.3) is 5.78 Å². The minimum Gasteiger partial charge on any atom is -0.288 e. The molecule has 0 atom stereocenters. The number of carbonyl (C=O) groups excluding carboxylic acids is 1. The minimum atomic E-state index is -0.650. The Morgan fingerprint density at radius 2 is 2.50 bits per heavy atom. The maximum Gasteiger partial charge on any atom is 0.277 e. The fraction of sp³-hybridized carbons (Fsp3) is 0. The van der Waals surface area contributed by atoms with E-state index in [1.165, 1.54) is 22.3 Å². The van der Waals surface area contributed by atoms with Crippen molar-refractivity contribution >= 4 is 23.9 Å². The van der Waals surface area contributed by atoms with Gasteiger partial charge in [0, 0.05) is 12.4 Å². The number of carbonyl (C=O) groups is 1. The van der Waals surface area contributed by atoms with Crippen LogP contribution in [0.15, 0.2) is 12.4 Å². The van der Waals surface area contributed by atoms with Crippen LogP contribution >= 0.6 is 12.2 Å². The Kier molecular flexibility index (Phi) is 1.98. The number of hydrogen-bond acceptors (Lipinski definition) is 5. The van der Waals surface area contributed by atoms with Crippen LogP contribution in [0.2, 0.25) is 0 Å². The molecular formula is C6H5N5O2S. The summed E-state index contributed by atoms with van der Waals surface area (Å²) in [5.74, 6) is -0.285. The van der Waals surface area contributed by atoms with Crippen molar-refractivity contribution in [2.45, 2.75) is 0 Å². The summed E-state index contributed by atoms with van der Waals surface area (Å²) in [5.41, 5.74) is 1.69. The molecular weight excluding hydrogens is 206 g/mol. The lowest BCUT2D eigenvalue weighted by Crippen LogP contribution is -2.19. The number of rotatable bonds is 1. The molecule has 0 unspecified atom stereocenters. The molecule has 3 N–H and O–H groups in total. The molecule has 0 radical (unpaired) electrons. The first-order chi connectivity index (χ1) is 6.72. The molecule has 0 fully saturated rings. The van der Waals surface area contributed by atoms with E-state index >= 15 is 0 Å². The number of nitrogens with zero attached hydrogens (tertiary/aromatic N) is 3. The van der Waals surface area contributed by atoms with Crippen LogP contribution < -0.4 is 5.48 Å². The van der Waals surface area contributed by atoms with Gasteiger partial charge in [-0.3, -0.25) is 14.4 Å². The van der Waals surface area contributed by atoms with E-state index in [1.807, 2.05) is 0 Å². The third kappa shape index (κ3) is 1.26. The Hall–Kier alpha value is -1.80. The highest BCUT2D eigenvalue weighted by atomic mass is 32.1. The average molecular weight is 211 g/mol. The quantitative estimate of drug-likeness (QED) is 0.348. The fourth-order valence-electron chi connectivity index (χ4n) is 0.985. The third-order valence-corrected chi connectivity index (χ3v) is 1.92. The molecule has 0 spiro atoms. The van der Waals surface area contributed by atoms with Crippen LogP contribution in [0.3, 0.4) is 0 Å². The second-order valence-corrected chi connectivity index (χ2v) is 2.87. The highest BCUT2D eigenvalue weighted by Crippen LogP contribution is 2.00. The molecule has 1 amide bonds. The molecule has 0 saturated heterocycles. The van der Waals surface area contributed by atoms with Gasteiger partial charge in [-0.1, -0.05) is 0 Å². The first kappa shape index (κ1) is 8.78. The van der Waals surface area contributed by atoms with E-state index in [1.54, 1.807) is 0 Å². The molecule has 2 heterocycles. The van der Waals surface area contributed by atoms with Crippen molar-refractivity contribution in [2.75, 3.05) is 0 Å². The van der Waals surface area contributed by atoms with Crippen LogP contribution in [0.4, 0.5) is 0 Å². The largest absolute Gasteiger partial charge is 0.288 e. The Balaban J connectivity index is 2.66. The number of amides is 1. The normalized spacial score (nSPS) is 10.4. The molecule has 8 heteroatoms. The van der Waals surface area contributed by atoms with E-state index in [0.29, 0.717) is 10.5 Å². The number of aromatic nitrogens is 4. The van der Waals surface area contributed by atoms with Gasteiger partial charge in [0.2, 0.25) is 4.77 Å². The van der Waals surface area contributed by atoms with Gasteiger partial charge in [0.1, 0.15) is 0 Å². The number of H-pyrrole nitrogens is 1. The van der Waals surface area contributed by atoms with Crippen molar-refractivity contribution in [3.63, 3.8) is 0 Å². The highest BCUT2D eigenvalue weighted by Gasteiger charge is 2.06. The van der Waals surface area contributed by atoms with Crippen LogP contribution in [0, 0.1) is 4.77 Å². The Morgan fingerprint density at radius 1 is 1.71 bits per heavy atom. The molecule has 0 aliphatic rings. The van der Waals surface area contributed by atoms with Crippen molar-refractivity contribution in [1.82, 2.24) is 25.1 Å². The molecule has 2 aromatic rings. The first-order valence-electron chi connectivity index (χ1n) is 3.59. The van der Waals surface area contributed by atoms with Gasteiger partial charge >= 0.3 is 0 Å². The van der Waals surface area contributed by atoms with E-state index in [0.717, 1.165) is 0 Å². The summed E-state index contributed by atoms with van der Waals surface area (Å²) < 4.78 is 1.76. The smallest absolute Gasteiger partial charge is 0.277 e. The number of hydrogen-bond donors (Lipinski definition) is 3. The molecule has 0 aromatic carbocycles. The van der Waals surface area contributed by atoms with Crippen molar-refractivity contribution in [3.05, 3.63) is 22.7 Å². The minimum absolute atomic E-state index is 0.192. The van der Waals surface area contributed by atoms with Gasteiger partial charge in [0.25, 0.3) is 11.7 Å². The molecule has 0 bridgehead atoms. The molecule has 14 heavy (non-hydrogen) atoms. The van der Waals surface area contributed by atoms with E-state index in [-0.39, 0.29) is 5.56 Å². The predicted molar refractivity (Wildman–Crippen MR) is 47.4 cm³/mol. The van der Waals surface area contributed by atoms with Gasteiger partial charge < -0.3 is 0 Å². The second kappa shape index (κ2) is 3.16. The zero-order valence-corrected chi connectivity index (χ0v) is 7.58. The van der Waals surface area contributed by atoms with Gasteiger partial charge in [-0.2, -0.15) is 0 Å². The Bertz CT molecular complexity index is 544. The zero-order chi connectivity index (χ0) is 10.1. The maximum absolute atomic E-state index is 11.0. The maximum atomic E-state index is 11.0.